The summed E-state index contributed by atoms with van der Waals surface area (Å²) in [5, 5.41) is 21.1. The van der Waals surface area contributed by atoms with Gasteiger partial charge in [0.05, 0.1) is 31.0 Å². The third-order valence-electron chi connectivity index (χ3n) is 5.04. The topological polar surface area (TPSA) is 96.6 Å². The zero-order chi connectivity index (χ0) is 17.9. The average Bonchev–Trinajstić information content (AvgIpc) is 3.29. The second-order valence-electron chi connectivity index (χ2n) is 6.66. The monoisotopic (exact) mass is 358 g/mol. The minimum atomic E-state index is -0.434. The molecule has 0 unspecified atom stereocenters. The lowest BCUT2D eigenvalue weighted by Gasteiger charge is -2.28. The number of nitrogens with zero attached hydrogens (tertiary/aromatic N) is 6. The summed E-state index contributed by atoms with van der Waals surface area (Å²) in [5.74, 6) is 0.0262. The summed E-state index contributed by atoms with van der Waals surface area (Å²) in [7, 11) is 0. The molecule has 2 saturated heterocycles. The normalized spacial score (nSPS) is 24.6. The highest BCUT2D eigenvalue weighted by Gasteiger charge is 2.33. The molecule has 0 bridgehead atoms. The lowest BCUT2D eigenvalue weighted by Crippen LogP contribution is -2.45. The largest absolute Gasteiger partial charge is 0.389 e. The Labute approximate surface area is 151 Å². The van der Waals surface area contributed by atoms with Gasteiger partial charge in [-0.25, -0.2) is 4.68 Å². The fourth-order valence-corrected chi connectivity index (χ4v) is 3.57. The molecule has 2 fully saturated rings. The van der Waals surface area contributed by atoms with Gasteiger partial charge in [0, 0.05) is 31.7 Å². The average molecular weight is 358 g/mol. The Bertz CT molecular complexity index is 735. The predicted octanol–water partition coefficient (Wildman–Crippen LogP) is -0.430. The van der Waals surface area contributed by atoms with Crippen LogP contribution in [0, 0.1) is 0 Å². The van der Waals surface area contributed by atoms with Crippen molar-refractivity contribution in [2.24, 2.45) is 0 Å². The minimum absolute atomic E-state index is 0.0262. The summed E-state index contributed by atoms with van der Waals surface area (Å²) >= 11 is 0. The number of aliphatic hydroxyl groups is 1. The first-order chi connectivity index (χ1) is 12.7. The Balaban J connectivity index is 1.40. The number of hydrogen-bond donors (Lipinski definition) is 1. The second-order valence-corrected chi connectivity index (χ2v) is 6.66. The number of aliphatic hydroxyl groups excluding tert-OH is 1. The van der Waals surface area contributed by atoms with E-state index in [1.165, 1.54) is 6.33 Å². The van der Waals surface area contributed by atoms with Gasteiger partial charge in [0.15, 0.2) is 0 Å². The fraction of sp³-hybridized carbons (Fsp3) is 0.529. The van der Waals surface area contributed by atoms with E-state index < -0.39 is 6.10 Å². The number of rotatable bonds is 3. The molecule has 1 N–H and O–H groups in total. The zero-order valence-corrected chi connectivity index (χ0v) is 14.4. The van der Waals surface area contributed by atoms with Gasteiger partial charge in [0.2, 0.25) is 0 Å². The molecule has 9 nitrogen and oxygen atoms in total. The van der Waals surface area contributed by atoms with Crippen molar-refractivity contribution in [3.63, 3.8) is 0 Å². The number of tetrazole rings is 1. The number of carbonyl (C=O) groups excluding carboxylic acids is 1. The van der Waals surface area contributed by atoms with Crippen molar-refractivity contribution in [1.29, 1.82) is 0 Å². The summed E-state index contributed by atoms with van der Waals surface area (Å²) in [6, 6.07) is 7.31. The summed E-state index contributed by atoms with van der Waals surface area (Å²) in [6.45, 7) is 3.95. The molecule has 0 spiro atoms. The first-order valence-corrected chi connectivity index (χ1v) is 8.85. The van der Waals surface area contributed by atoms with Crippen molar-refractivity contribution < 1.29 is 14.6 Å². The van der Waals surface area contributed by atoms with Gasteiger partial charge in [-0.15, -0.1) is 5.10 Å². The predicted molar refractivity (Wildman–Crippen MR) is 91.9 cm³/mol. The number of amides is 1. The first-order valence-electron chi connectivity index (χ1n) is 8.85. The van der Waals surface area contributed by atoms with Gasteiger partial charge in [-0.3, -0.25) is 9.69 Å². The summed E-state index contributed by atoms with van der Waals surface area (Å²) in [5.41, 5.74) is 1.46. The highest BCUT2D eigenvalue weighted by Crippen LogP contribution is 2.17. The van der Waals surface area contributed by atoms with Crippen LogP contribution < -0.4 is 0 Å². The molecule has 0 radical (unpaired) electrons. The Kier molecular flexibility index (Phi) is 4.91. The molecule has 0 saturated carbocycles. The van der Waals surface area contributed by atoms with E-state index in [2.05, 4.69) is 20.4 Å². The van der Waals surface area contributed by atoms with E-state index in [0.29, 0.717) is 31.9 Å². The molecule has 2 aliphatic rings. The van der Waals surface area contributed by atoms with E-state index in [4.69, 9.17) is 4.74 Å². The fourth-order valence-electron chi connectivity index (χ4n) is 3.57. The van der Waals surface area contributed by atoms with Gasteiger partial charge in [-0.05, 0) is 41.1 Å². The molecular formula is C17H22N6O3. The Morgan fingerprint density at radius 3 is 2.65 bits per heavy atom. The maximum absolute atomic E-state index is 12.8. The third-order valence-corrected chi connectivity index (χ3v) is 5.04. The van der Waals surface area contributed by atoms with E-state index in [0.717, 1.165) is 25.2 Å². The smallest absolute Gasteiger partial charge is 0.253 e. The van der Waals surface area contributed by atoms with E-state index in [9.17, 15) is 9.90 Å². The van der Waals surface area contributed by atoms with Gasteiger partial charge in [-0.2, -0.15) is 0 Å². The molecule has 1 aromatic heterocycles. The van der Waals surface area contributed by atoms with E-state index in [1.807, 2.05) is 17.0 Å². The summed E-state index contributed by atoms with van der Waals surface area (Å²) < 4.78 is 6.91. The molecule has 2 atom stereocenters. The van der Waals surface area contributed by atoms with E-state index >= 15 is 0 Å². The van der Waals surface area contributed by atoms with Crippen molar-refractivity contribution in [1.82, 2.24) is 30.0 Å². The maximum Gasteiger partial charge on any atom is 0.253 e. The number of hydrogen-bond acceptors (Lipinski definition) is 7. The van der Waals surface area contributed by atoms with Crippen LogP contribution in [-0.2, 0) is 4.74 Å². The Hall–Kier alpha value is -2.36. The van der Waals surface area contributed by atoms with Crippen LogP contribution in [-0.4, -0.2) is 92.6 Å². The van der Waals surface area contributed by atoms with Crippen LogP contribution in [0.5, 0.6) is 0 Å². The highest BCUT2D eigenvalue weighted by molar-refractivity contribution is 5.94. The molecule has 9 heteroatoms. The molecule has 138 valence electrons. The quantitative estimate of drug-likeness (QED) is 0.795. The number of aromatic nitrogens is 4. The van der Waals surface area contributed by atoms with Crippen molar-refractivity contribution in [3.05, 3.63) is 36.2 Å². The molecule has 26 heavy (non-hydrogen) atoms. The molecular weight excluding hydrogens is 336 g/mol. The Morgan fingerprint density at radius 2 is 1.96 bits per heavy atom. The first kappa shape index (κ1) is 17.1. The van der Waals surface area contributed by atoms with Crippen LogP contribution in [0.15, 0.2) is 30.6 Å². The number of carbonyl (C=O) groups is 1. The second kappa shape index (κ2) is 7.48. The zero-order valence-electron chi connectivity index (χ0n) is 14.4. The summed E-state index contributed by atoms with van der Waals surface area (Å²) in [6.07, 6.45) is 1.97. The van der Waals surface area contributed by atoms with Crippen LogP contribution in [0.2, 0.25) is 0 Å². The van der Waals surface area contributed by atoms with Crippen LogP contribution in [0.25, 0.3) is 5.69 Å². The maximum atomic E-state index is 12.8. The molecule has 3 heterocycles. The van der Waals surface area contributed by atoms with E-state index in [1.54, 1.807) is 16.8 Å². The van der Waals surface area contributed by atoms with Crippen LogP contribution in [0.1, 0.15) is 16.8 Å². The highest BCUT2D eigenvalue weighted by atomic mass is 16.5. The lowest BCUT2D eigenvalue weighted by molar-refractivity contribution is 0.0725. The van der Waals surface area contributed by atoms with Crippen molar-refractivity contribution in [3.8, 4) is 5.69 Å². The minimum Gasteiger partial charge on any atom is -0.389 e. The molecule has 4 rings (SSSR count). The number of benzene rings is 1. The molecule has 1 aromatic carbocycles. The molecule has 2 aliphatic heterocycles. The van der Waals surface area contributed by atoms with Gasteiger partial charge in [-0.1, -0.05) is 0 Å². The van der Waals surface area contributed by atoms with Crippen molar-refractivity contribution in [2.75, 3.05) is 39.4 Å². The van der Waals surface area contributed by atoms with Crippen LogP contribution in [0.4, 0.5) is 0 Å². The van der Waals surface area contributed by atoms with Crippen molar-refractivity contribution >= 4 is 5.91 Å². The molecule has 0 aliphatic carbocycles. The van der Waals surface area contributed by atoms with Crippen LogP contribution in [0.3, 0.4) is 0 Å². The summed E-state index contributed by atoms with van der Waals surface area (Å²) in [4.78, 5) is 17.0. The number of ether oxygens (including phenoxy) is 1. The molecule has 1 amide bonds. The van der Waals surface area contributed by atoms with E-state index in [-0.39, 0.29) is 11.9 Å². The lowest BCUT2D eigenvalue weighted by atomic mass is 10.1. The standard InChI is InChI=1S/C17H22N6O3/c24-16-11-26-10-15(16)21-6-1-7-22(9-8-21)17(25)13-2-4-14(5-3-13)23-12-18-19-20-23/h2-5,12,15-16,24H,1,6-11H2/t15-,16-/m0/s1. The van der Waals surface area contributed by atoms with Crippen molar-refractivity contribution in [2.45, 2.75) is 18.6 Å². The van der Waals surface area contributed by atoms with Gasteiger partial charge < -0.3 is 14.7 Å². The SMILES string of the molecule is O=C(c1ccc(-n2cnnn2)cc1)N1CCCN([C@H]2COC[C@@H]2O)CC1. The van der Waals surface area contributed by atoms with Gasteiger partial charge >= 0.3 is 0 Å². The Morgan fingerprint density at radius 1 is 1.12 bits per heavy atom. The third kappa shape index (κ3) is 3.46. The van der Waals surface area contributed by atoms with Gasteiger partial charge in [0.25, 0.3) is 5.91 Å². The van der Waals surface area contributed by atoms with Crippen LogP contribution >= 0.6 is 0 Å². The molecule has 2 aromatic rings. The van der Waals surface area contributed by atoms with Gasteiger partial charge in [0.1, 0.15) is 6.33 Å².